The highest BCUT2D eigenvalue weighted by Crippen LogP contribution is 2.13. The zero-order chi connectivity index (χ0) is 19.0. The maximum atomic E-state index is 12.7. The van der Waals surface area contributed by atoms with Crippen molar-refractivity contribution in [2.75, 3.05) is 20.2 Å². The molecule has 0 radical (unpaired) electrons. The molecule has 1 aromatic carbocycles. The third-order valence-corrected chi connectivity index (χ3v) is 3.86. The second-order valence-electron chi connectivity index (χ2n) is 5.99. The van der Waals surface area contributed by atoms with Crippen molar-refractivity contribution >= 4 is 17.8 Å². The molecular formula is C18H26N2O5. The third-order valence-electron chi connectivity index (χ3n) is 3.86. The highest BCUT2D eigenvalue weighted by Gasteiger charge is 2.28. The number of carboxylic acids is 1. The fourth-order valence-corrected chi connectivity index (χ4v) is 2.33. The van der Waals surface area contributed by atoms with Gasteiger partial charge < -0.3 is 20.1 Å². The van der Waals surface area contributed by atoms with Crippen LogP contribution in [0.1, 0.15) is 37.6 Å². The quantitative estimate of drug-likeness (QED) is 0.708. The Kier molecular flexibility index (Phi) is 7.91. The number of amides is 2. The lowest BCUT2D eigenvalue weighted by molar-refractivity contribution is -0.139. The van der Waals surface area contributed by atoms with E-state index in [0.717, 1.165) is 0 Å². The van der Waals surface area contributed by atoms with Crippen LogP contribution in [-0.2, 0) is 9.59 Å². The van der Waals surface area contributed by atoms with E-state index in [9.17, 15) is 14.4 Å². The molecule has 0 aliphatic heterocycles. The predicted molar refractivity (Wildman–Crippen MR) is 93.6 cm³/mol. The zero-order valence-corrected chi connectivity index (χ0v) is 15.1. The molecule has 0 heterocycles. The number of hydrogen-bond acceptors (Lipinski definition) is 4. The lowest BCUT2D eigenvalue weighted by atomic mass is 10.0. The first-order valence-electron chi connectivity index (χ1n) is 8.25. The molecule has 1 unspecified atom stereocenters. The van der Waals surface area contributed by atoms with Crippen LogP contribution < -0.4 is 10.1 Å². The van der Waals surface area contributed by atoms with Crippen molar-refractivity contribution in [3.8, 4) is 5.75 Å². The van der Waals surface area contributed by atoms with E-state index in [0.29, 0.717) is 17.9 Å². The number of methoxy groups -OCH3 is 1. The van der Waals surface area contributed by atoms with Gasteiger partial charge in [0.15, 0.2) is 0 Å². The van der Waals surface area contributed by atoms with Crippen LogP contribution in [0.2, 0.25) is 0 Å². The minimum absolute atomic E-state index is 0.117. The van der Waals surface area contributed by atoms with Gasteiger partial charge in [0.1, 0.15) is 11.8 Å². The second kappa shape index (κ2) is 9.66. The SMILES string of the molecule is CCN(CCC(=O)O)C(=O)C(NC(=O)c1ccc(OC)cc1)C(C)C. The summed E-state index contributed by atoms with van der Waals surface area (Å²) in [5.74, 6) is -1.09. The van der Waals surface area contributed by atoms with Gasteiger partial charge in [-0.1, -0.05) is 13.8 Å². The van der Waals surface area contributed by atoms with Crippen LogP contribution in [0.15, 0.2) is 24.3 Å². The van der Waals surface area contributed by atoms with Crippen LogP contribution in [0.3, 0.4) is 0 Å². The molecular weight excluding hydrogens is 324 g/mol. The van der Waals surface area contributed by atoms with E-state index in [1.54, 1.807) is 38.3 Å². The van der Waals surface area contributed by atoms with E-state index in [1.165, 1.54) is 4.90 Å². The van der Waals surface area contributed by atoms with Crippen LogP contribution in [0.25, 0.3) is 0 Å². The van der Waals surface area contributed by atoms with Crippen molar-refractivity contribution in [2.24, 2.45) is 5.92 Å². The first kappa shape index (κ1) is 20.5. The molecule has 2 amide bonds. The van der Waals surface area contributed by atoms with Gasteiger partial charge in [0.2, 0.25) is 5.91 Å². The standard InChI is InChI=1S/C18H26N2O5/c1-5-20(11-10-15(21)22)18(24)16(12(2)3)19-17(23)13-6-8-14(25-4)9-7-13/h6-9,12,16H,5,10-11H2,1-4H3,(H,19,23)(H,21,22). The predicted octanol–water partition coefficient (Wildman–Crippen LogP) is 1.77. The Morgan fingerprint density at radius 3 is 2.24 bits per heavy atom. The Morgan fingerprint density at radius 1 is 1.20 bits per heavy atom. The number of carboxylic acid groups (broad SMARTS) is 1. The van der Waals surface area contributed by atoms with Crippen LogP contribution in [0, 0.1) is 5.92 Å². The maximum absolute atomic E-state index is 12.7. The number of aliphatic carboxylic acids is 1. The highest BCUT2D eigenvalue weighted by atomic mass is 16.5. The first-order valence-corrected chi connectivity index (χ1v) is 8.25. The number of ether oxygens (including phenoxy) is 1. The van der Waals surface area contributed by atoms with Gasteiger partial charge in [-0.2, -0.15) is 0 Å². The average molecular weight is 350 g/mol. The molecule has 0 bridgehead atoms. The number of nitrogens with one attached hydrogen (secondary N) is 1. The Morgan fingerprint density at radius 2 is 1.80 bits per heavy atom. The van der Waals surface area contributed by atoms with Gasteiger partial charge >= 0.3 is 5.97 Å². The molecule has 0 aliphatic rings. The van der Waals surface area contributed by atoms with Crippen molar-refractivity contribution < 1.29 is 24.2 Å². The largest absolute Gasteiger partial charge is 0.497 e. The second-order valence-corrected chi connectivity index (χ2v) is 5.99. The summed E-state index contributed by atoms with van der Waals surface area (Å²) < 4.78 is 5.06. The van der Waals surface area contributed by atoms with Gasteiger partial charge in [-0.3, -0.25) is 14.4 Å². The molecule has 1 aromatic rings. The van der Waals surface area contributed by atoms with E-state index < -0.39 is 12.0 Å². The van der Waals surface area contributed by atoms with Crippen LogP contribution >= 0.6 is 0 Å². The molecule has 0 saturated heterocycles. The van der Waals surface area contributed by atoms with Crippen molar-refractivity contribution in [3.63, 3.8) is 0 Å². The van der Waals surface area contributed by atoms with E-state index in [4.69, 9.17) is 9.84 Å². The normalized spacial score (nSPS) is 11.7. The molecule has 0 spiro atoms. The molecule has 0 fully saturated rings. The summed E-state index contributed by atoms with van der Waals surface area (Å²) in [5.41, 5.74) is 0.424. The summed E-state index contributed by atoms with van der Waals surface area (Å²) in [6, 6.07) is 5.87. The van der Waals surface area contributed by atoms with Crippen LogP contribution in [0.4, 0.5) is 0 Å². The van der Waals surface area contributed by atoms with E-state index in [1.807, 2.05) is 13.8 Å². The van der Waals surface area contributed by atoms with Gasteiger partial charge in [0, 0.05) is 18.7 Å². The molecule has 0 saturated carbocycles. The number of likely N-dealkylation sites (N-methyl/N-ethyl adjacent to an activating group) is 1. The summed E-state index contributed by atoms with van der Waals surface area (Å²) >= 11 is 0. The summed E-state index contributed by atoms with van der Waals surface area (Å²) in [7, 11) is 1.54. The summed E-state index contributed by atoms with van der Waals surface area (Å²) in [6.07, 6.45) is -0.128. The number of carbonyl (C=O) groups is 3. The molecule has 0 aromatic heterocycles. The lowest BCUT2D eigenvalue weighted by Gasteiger charge is -2.28. The van der Waals surface area contributed by atoms with Gasteiger partial charge in [0.05, 0.1) is 13.5 Å². The molecule has 25 heavy (non-hydrogen) atoms. The summed E-state index contributed by atoms with van der Waals surface area (Å²) in [4.78, 5) is 37.3. The Balaban J connectivity index is 2.85. The van der Waals surface area contributed by atoms with Crippen molar-refractivity contribution in [1.82, 2.24) is 10.2 Å². The third kappa shape index (κ3) is 6.10. The molecule has 7 heteroatoms. The molecule has 2 N–H and O–H groups in total. The molecule has 7 nitrogen and oxygen atoms in total. The molecule has 1 rings (SSSR count). The van der Waals surface area contributed by atoms with Crippen LogP contribution in [0.5, 0.6) is 5.75 Å². The fraction of sp³-hybridized carbons (Fsp3) is 0.500. The van der Waals surface area contributed by atoms with E-state index in [-0.39, 0.29) is 30.7 Å². The Labute approximate surface area is 148 Å². The molecule has 138 valence electrons. The lowest BCUT2D eigenvalue weighted by Crippen LogP contribution is -2.51. The first-order chi connectivity index (χ1) is 11.8. The molecule has 1 atom stereocenters. The van der Waals surface area contributed by atoms with Crippen LogP contribution in [-0.4, -0.2) is 54.0 Å². The maximum Gasteiger partial charge on any atom is 0.305 e. The Hall–Kier alpha value is -2.57. The average Bonchev–Trinajstić information content (AvgIpc) is 2.59. The monoisotopic (exact) mass is 350 g/mol. The summed E-state index contributed by atoms with van der Waals surface area (Å²) in [5, 5.41) is 11.6. The molecule has 0 aliphatic carbocycles. The minimum Gasteiger partial charge on any atom is -0.497 e. The van der Waals surface area contributed by atoms with E-state index in [2.05, 4.69) is 5.32 Å². The highest BCUT2D eigenvalue weighted by molar-refractivity contribution is 5.97. The van der Waals surface area contributed by atoms with Crippen molar-refractivity contribution in [2.45, 2.75) is 33.2 Å². The smallest absolute Gasteiger partial charge is 0.305 e. The number of rotatable bonds is 9. The van der Waals surface area contributed by atoms with Gasteiger partial charge in [-0.15, -0.1) is 0 Å². The van der Waals surface area contributed by atoms with Crippen molar-refractivity contribution in [3.05, 3.63) is 29.8 Å². The number of hydrogen-bond donors (Lipinski definition) is 2. The minimum atomic E-state index is -0.963. The van der Waals surface area contributed by atoms with Crippen molar-refractivity contribution in [1.29, 1.82) is 0 Å². The fourth-order valence-electron chi connectivity index (χ4n) is 2.33. The van der Waals surface area contributed by atoms with Gasteiger partial charge in [-0.05, 0) is 37.1 Å². The Bertz CT molecular complexity index is 598. The number of benzene rings is 1. The zero-order valence-electron chi connectivity index (χ0n) is 15.1. The summed E-state index contributed by atoms with van der Waals surface area (Å²) in [6.45, 7) is 5.95. The number of carbonyl (C=O) groups excluding carboxylic acids is 2. The van der Waals surface area contributed by atoms with E-state index >= 15 is 0 Å². The number of nitrogens with zero attached hydrogens (tertiary/aromatic N) is 1. The van der Waals surface area contributed by atoms with Gasteiger partial charge in [-0.25, -0.2) is 0 Å². The van der Waals surface area contributed by atoms with Gasteiger partial charge in [0.25, 0.3) is 5.91 Å². The topological polar surface area (TPSA) is 95.9 Å².